The molecule has 3 fully saturated rings. The highest BCUT2D eigenvalue weighted by atomic mass is 16.6. The lowest BCUT2D eigenvalue weighted by molar-refractivity contribution is -0.144. The third-order valence-electron chi connectivity index (χ3n) is 5.75. The second-order valence-electron chi connectivity index (χ2n) is 7.57. The van der Waals surface area contributed by atoms with Crippen LogP contribution in [0.3, 0.4) is 0 Å². The van der Waals surface area contributed by atoms with Crippen LogP contribution in [0, 0.1) is 5.92 Å². The van der Waals surface area contributed by atoms with Gasteiger partial charge in [0.15, 0.2) is 0 Å². The summed E-state index contributed by atoms with van der Waals surface area (Å²) in [6.45, 7) is 5.31. The summed E-state index contributed by atoms with van der Waals surface area (Å²) in [5.41, 5.74) is 0. The van der Waals surface area contributed by atoms with Crippen molar-refractivity contribution < 1.29 is 23.9 Å². The number of nitrogens with zero attached hydrogens (tertiary/aromatic N) is 2. The lowest BCUT2D eigenvalue weighted by Crippen LogP contribution is -2.50. The number of hydrogen-bond donors (Lipinski definition) is 1. The lowest BCUT2D eigenvalue weighted by atomic mass is 9.94. The van der Waals surface area contributed by atoms with Gasteiger partial charge in [0.05, 0.1) is 6.61 Å². The van der Waals surface area contributed by atoms with Gasteiger partial charge in [0.25, 0.3) is 5.91 Å². The molecule has 1 atom stereocenters. The molecule has 3 aliphatic heterocycles. The van der Waals surface area contributed by atoms with Gasteiger partial charge in [-0.05, 0) is 45.4 Å². The number of carbonyl (C=O) groups excluding carboxylic acids is 3. The summed E-state index contributed by atoms with van der Waals surface area (Å²) in [7, 11) is 0. The Balaban J connectivity index is 1.37. The average Bonchev–Trinajstić information content (AvgIpc) is 3.23. The van der Waals surface area contributed by atoms with E-state index in [1.54, 1.807) is 11.8 Å². The van der Waals surface area contributed by atoms with Crippen molar-refractivity contribution in [3.63, 3.8) is 0 Å². The lowest BCUT2D eigenvalue weighted by Gasteiger charge is -2.35. The SMILES string of the molecule is CCOC(=O)N1CCC(NC(=O)C2CCN(C(=O)C3CCCO3)CC2)CC1. The van der Waals surface area contributed by atoms with Crippen LogP contribution in [0.1, 0.15) is 45.4 Å². The smallest absolute Gasteiger partial charge is 0.409 e. The maximum absolute atomic E-state index is 12.6. The zero-order valence-corrected chi connectivity index (χ0v) is 16.2. The Morgan fingerprint density at radius 1 is 1.00 bits per heavy atom. The van der Waals surface area contributed by atoms with Crippen LogP contribution in [0.25, 0.3) is 0 Å². The first kappa shape index (κ1) is 19.9. The van der Waals surface area contributed by atoms with Crippen LogP contribution in [0.15, 0.2) is 0 Å². The minimum atomic E-state index is -0.278. The van der Waals surface area contributed by atoms with Gasteiger partial charge < -0.3 is 24.6 Å². The van der Waals surface area contributed by atoms with Crippen LogP contribution in [0.5, 0.6) is 0 Å². The van der Waals surface area contributed by atoms with Gasteiger partial charge in [-0.25, -0.2) is 4.79 Å². The molecule has 0 aliphatic carbocycles. The summed E-state index contributed by atoms with van der Waals surface area (Å²) in [5.74, 6) is 0.119. The Labute approximate surface area is 160 Å². The molecule has 1 unspecified atom stereocenters. The van der Waals surface area contributed by atoms with Crippen molar-refractivity contribution in [2.24, 2.45) is 5.92 Å². The average molecular weight is 381 g/mol. The van der Waals surface area contributed by atoms with Crippen molar-refractivity contribution >= 4 is 17.9 Å². The molecule has 0 aromatic carbocycles. The van der Waals surface area contributed by atoms with Crippen molar-refractivity contribution in [3.05, 3.63) is 0 Å². The van der Waals surface area contributed by atoms with Crippen molar-refractivity contribution in [2.75, 3.05) is 39.4 Å². The van der Waals surface area contributed by atoms with Crippen molar-refractivity contribution in [1.82, 2.24) is 15.1 Å². The van der Waals surface area contributed by atoms with E-state index in [1.807, 2.05) is 4.90 Å². The molecule has 152 valence electrons. The molecule has 0 spiro atoms. The second-order valence-corrected chi connectivity index (χ2v) is 7.57. The van der Waals surface area contributed by atoms with E-state index in [2.05, 4.69) is 5.32 Å². The van der Waals surface area contributed by atoms with E-state index in [-0.39, 0.29) is 36.0 Å². The van der Waals surface area contributed by atoms with Crippen LogP contribution in [0.2, 0.25) is 0 Å². The molecule has 1 N–H and O–H groups in total. The first-order valence-electron chi connectivity index (χ1n) is 10.2. The van der Waals surface area contributed by atoms with Gasteiger partial charge >= 0.3 is 6.09 Å². The Hall–Kier alpha value is -1.83. The molecule has 3 aliphatic rings. The largest absolute Gasteiger partial charge is 0.450 e. The molecule has 0 aromatic heterocycles. The van der Waals surface area contributed by atoms with E-state index in [0.717, 1.165) is 25.7 Å². The van der Waals surface area contributed by atoms with Crippen LogP contribution in [0.4, 0.5) is 4.79 Å². The number of ether oxygens (including phenoxy) is 2. The van der Waals surface area contributed by atoms with E-state index in [9.17, 15) is 14.4 Å². The predicted octanol–water partition coefficient (Wildman–Crippen LogP) is 1.14. The van der Waals surface area contributed by atoms with Crippen LogP contribution in [-0.2, 0) is 19.1 Å². The molecule has 0 aromatic rings. The van der Waals surface area contributed by atoms with Crippen LogP contribution in [-0.4, -0.2) is 79.2 Å². The highest BCUT2D eigenvalue weighted by molar-refractivity contribution is 5.82. The summed E-state index contributed by atoms with van der Waals surface area (Å²) < 4.78 is 10.5. The van der Waals surface area contributed by atoms with Crippen LogP contribution < -0.4 is 5.32 Å². The van der Waals surface area contributed by atoms with E-state index >= 15 is 0 Å². The van der Waals surface area contributed by atoms with Gasteiger partial charge in [0, 0.05) is 44.7 Å². The molecule has 0 saturated carbocycles. The molecule has 0 radical (unpaired) electrons. The number of piperidine rings is 2. The van der Waals surface area contributed by atoms with Gasteiger partial charge in [-0.3, -0.25) is 9.59 Å². The van der Waals surface area contributed by atoms with E-state index in [4.69, 9.17) is 9.47 Å². The molecule has 8 nitrogen and oxygen atoms in total. The zero-order valence-electron chi connectivity index (χ0n) is 16.2. The number of hydrogen-bond acceptors (Lipinski definition) is 5. The van der Waals surface area contributed by atoms with E-state index < -0.39 is 0 Å². The predicted molar refractivity (Wildman–Crippen MR) is 98.0 cm³/mol. The van der Waals surface area contributed by atoms with Crippen LogP contribution >= 0.6 is 0 Å². The molecule has 3 saturated heterocycles. The molecule has 3 heterocycles. The van der Waals surface area contributed by atoms with Gasteiger partial charge in [-0.1, -0.05) is 0 Å². The highest BCUT2D eigenvalue weighted by Crippen LogP contribution is 2.22. The Bertz CT molecular complexity index is 533. The van der Waals surface area contributed by atoms with E-state index in [1.165, 1.54) is 0 Å². The molecule has 3 amide bonds. The van der Waals surface area contributed by atoms with Crippen molar-refractivity contribution in [3.8, 4) is 0 Å². The Morgan fingerprint density at radius 3 is 2.26 bits per heavy atom. The zero-order chi connectivity index (χ0) is 19.2. The first-order chi connectivity index (χ1) is 13.1. The van der Waals surface area contributed by atoms with Gasteiger partial charge in [0.2, 0.25) is 5.91 Å². The summed E-state index contributed by atoms with van der Waals surface area (Å²) in [4.78, 5) is 40.2. The maximum atomic E-state index is 12.6. The number of amides is 3. The molecule has 3 rings (SSSR count). The summed E-state index contributed by atoms with van der Waals surface area (Å²) >= 11 is 0. The minimum Gasteiger partial charge on any atom is -0.450 e. The van der Waals surface area contributed by atoms with Crippen molar-refractivity contribution in [1.29, 1.82) is 0 Å². The van der Waals surface area contributed by atoms with Crippen molar-refractivity contribution in [2.45, 2.75) is 57.6 Å². The molecule has 27 heavy (non-hydrogen) atoms. The summed E-state index contributed by atoms with van der Waals surface area (Å²) in [6.07, 6.45) is 4.11. The monoisotopic (exact) mass is 381 g/mol. The number of likely N-dealkylation sites (tertiary alicyclic amines) is 2. The molecular formula is C19H31N3O5. The van der Waals surface area contributed by atoms with Gasteiger partial charge in [-0.2, -0.15) is 0 Å². The van der Waals surface area contributed by atoms with Gasteiger partial charge in [-0.15, -0.1) is 0 Å². The number of carbonyl (C=O) groups is 3. The Morgan fingerprint density at radius 2 is 1.67 bits per heavy atom. The quantitative estimate of drug-likeness (QED) is 0.789. The third kappa shape index (κ3) is 5.12. The normalized spacial score (nSPS) is 24.7. The first-order valence-corrected chi connectivity index (χ1v) is 10.2. The topological polar surface area (TPSA) is 88.2 Å². The summed E-state index contributed by atoms with van der Waals surface area (Å²) in [6, 6.07) is 0.106. The fourth-order valence-electron chi connectivity index (χ4n) is 4.08. The third-order valence-corrected chi connectivity index (χ3v) is 5.75. The minimum absolute atomic E-state index is 0.0402. The maximum Gasteiger partial charge on any atom is 0.409 e. The Kier molecular flexibility index (Phi) is 6.93. The standard InChI is InChI=1S/C19H31N3O5/c1-2-26-19(25)22-11-7-15(8-12-22)20-17(23)14-5-9-21(10-6-14)18(24)16-4-3-13-27-16/h14-16H,2-13H2,1H3,(H,20,23). The van der Waals surface area contributed by atoms with E-state index in [0.29, 0.717) is 52.2 Å². The highest BCUT2D eigenvalue weighted by Gasteiger charge is 2.33. The number of nitrogens with one attached hydrogen (secondary N) is 1. The number of rotatable bonds is 4. The fourth-order valence-corrected chi connectivity index (χ4v) is 4.08. The summed E-state index contributed by atoms with van der Waals surface area (Å²) in [5, 5.41) is 3.13. The molecular weight excluding hydrogens is 350 g/mol. The van der Waals surface area contributed by atoms with Gasteiger partial charge in [0.1, 0.15) is 6.10 Å². The second kappa shape index (κ2) is 9.39. The fraction of sp³-hybridized carbons (Fsp3) is 0.842. The molecule has 0 bridgehead atoms. The molecule has 8 heteroatoms.